The van der Waals surface area contributed by atoms with Gasteiger partial charge in [-0.1, -0.05) is 51.1 Å². The van der Waals surface area contributed by atoms with Gasteiger partial charge in [0.1, 0.15) is 6.10 Å². The minimum atomic E-state index is -2.14. The molecule has 1 aromatic rings. The first-order valence-corrected chi connectivity index (χ1v) is 13.0. The number of fused-ring (bicyclic) bond motifs is 3. The number of carbonyl (C=O) groups is 2. The molecule has 1 aromatic carbocycles. The number of ether oxygens (including phenoxy) is 1. The Labute approximate surface area is 212 Å². The van der Waals surface area contributed by atoms with Crippen LogP contribution >= 0.6 is 0 Å². The van der Waals surface area contributed by atoms with E-state index in [1.54, 1.807) is 31.2 Å². The number of aliphatic hydroxyl groups is 3. The molecular weight excluding hydrogens is 458 g/mol. The largest absolute Gasteiger partial charge is 0.438 e. The van der Waals surface area contributed by atoms with Crippen LogP contribution in [-0.2, 0) is 9.53 Å². The second-order valence-electron chi connectivity index (χ2n) is 11.7. The molecule has 0 heterocycles. The Kier molecular flexibility index (Phi) is 5.78. The predicted octanol–water partition coefficient (Wildman–Crippen LogP) is 3.49. The lowest BCUT2D eigenvalue weighted by atomic mass is 9.59. The van der Waals surface area contributed by atoms with Crippen molar-refractivity contribution in [2.24, 2.45) is 34.5 Å². The Bertz CT molecular complexity index is 1140. The monoisotopic (exact) mass is 495 g/mol. The Morgan fingerprint density at radius 1 is 1.22 bits per heavy atom. The van der Waals surface area contributed by atoms with Crippen molar-refractivity contribution in [1.29, 1.82) is 0 Å². The molecule has 2 fully saturated rings. The van der Waals surface area contributed by atoms with Gasteiger partial charge in [-0.3, -0.25) is 9.69 Å². The number of hydrogen-bond donors (Lipinski definition) is 3. The first-order valence-electron chi connectivity index (χ1n) is 13.0. The molecule has 2 bridgehead atoms. The Hall–Kier alpha value is -2.48. The maximum Gasteiger partial charge on any atom is 0.414 e. The molecule has 0 radical (unpaired) electrons. The highest BCUT2D eigenvalue weighted by Crippen LogP contribution is 2.71. The first kappa shape index (κ1) is 25.2. The predicted molar refractivity (Wildman–Crippen MR) is 135 cm³/mol. The molecule has 4 aliphatic carbocycles. The number of allylic oxidation sites excluding steroid dienone is 1. The van der Waals surface area contributed by atoms with E-state index in [2.05, 4.69) is 13.8 Å². The van der Waals surface area contributed by atoms with Gasteiger partial charge in [0, 0.05) is 18.2 Å². The Morgan fingerprint density at radius 3 is 2.50 bits per heavy atom. The minimum absolute atomic E-state index is 0.0405. The highest BCUT2D eigenvalue weighted by molar-refractivity contribution is 5.96. The van der Waals surface area contributed by atoms with Crippen LogP contribution in [0.5, 0.6) is 0 Å². The summed E-state index contributed by atoms with van der Waals surface area (Å²) in [4.78, 5) is 29.3. The first-order chi connectivity index (χ1) is 17.0. The van der Waals surface area contributed by atoms with Crippen molar-refractivity contribution >= 4 is 17.6 Å². The third-order valence-electron chi connectivity index (χ3n) is 9.72. The van der Waals surface area contributed by atoms with E-state index in [1.807, 2.05) is 32.0 Å². The van der Waals surface area contributed by atoms with Gasteiger partial charge in [-0.25, -0.2) is 4.79 Å². The summed E-state index contributed by atoms with van der Waals surface area (Å²) in [7, 11) is 0. The lowest BCUT2D eigenvalue weighted by Gasteiger charge is -2.49. The summed E-state index contributed by atoms with van der Waals surface area (Å²) in [5.74, 6) is -0.625. The normalized spacial score (nSPS) is 40.2. The molecular formula is C29H37NO6. The zero-order valence-corrected chi connectivity index (χ0v) is 21.6. The highest BCUT2D eigenvalue weighted by atomic mass is 16.6. The van der Waals surface area contributed by atoms with Crippen LogP contribution < -0.4 is 4.90 Å². The molecule has 2 saturated carbocycles. The molecule has 5 rings (SSSR count). The second kappa shape index (κ2) is 8.27. The summed E-state index contributed by atoms with van der Waals surface area (Å²) in [5, 5.41) is 34.3. The molecule has 0 saturated heterocycles. The molecule has 8 atom stereocenters. The number of rotatable bonds is 4. The Morgan fingerprint density at radius 2 is 1.89 bits per heavy atom. The summed E-state index contributed by atoms with van der Waals surface area (Å²) in [5.41, 5.74) is -2.24. The van der Waals surface area contributed by atoms with Crippen LogP contribution in [0.15, 0.2) is 53.6 Å². The van der Waals surface area contributed by atoms with E-state index >= 15 is 0 Å². The zero-order valence-electron chi connectivity index (χ0n) is 21.6. The fourth-order valence-corrected chi connectivity index (χ4v) is 7.78. The lowest BCUT2D eigenvalue weighted by molar-refractivity contribution is -0.189. The summed E-state index contributed by atoms with van der Waals surface area (Å²) in [6.07, 6.45) is 0.647. The van der Waals surface area contributed by atoms with Crippen molar-refractivity contribution < 1.29 is 29.6 Å². The molecule has 7 nitrogen and oxygen atoms in total. The van der Waals surface area contributed by atoms with E-state index < -0.39 is 41.8 Å². The topological polar surface area (TPSA) is 107 Å². The lowest BCUT2D eigenvalue weighted by Crippen LogP contribution is -2.66. The van der Waals surface area contributed by atoms with Crippen molar-refractivity contribution in [3.63, 3.8) is 0 Å². The van der Waals surface area contributed by atoms with E-state index in [0.717, 1.165) is 0 Å². The van der Waals surface area contributed by atoms with E-state index in [1.165, 1.54) is 4.90 Å². The highest BCUT2D eigenvalue weighted by Gasteiger charge is 2.76. The van der Waals surface area contributed by atoms with Crippen LogP contribution in [0, 0.1) is 34.5 Å². The van der Waals surface area contributed by atoms with E-state index in [9.17, 15) is 24.9 Å². The number of aliphatic hydroxyl groups excluding tert-OH is 2. The van der Waals surface area contributed by atoms with Gasteiger partial charge in [-0.05, 0) is 66.7 Å². The average Bonchev–Trinajstić information content (AvgIpc) is 3.34. The summed E-state index contributed by atoms with van der Waals surface area (Å²) in [6.45, 7) is 9.65. The standard InChI is InChI=1S/C29H37NO6/c1-6-30(19-10-8-7-9-11-19)26(34)36-25-16(2)14-28-17(3)12-21-22(27(21,4)5)20(24(28)33)13-18(15-31)23(32)29(25,28)35/h7-11,13-14,17,20-23,25,31-32,35H,6,12,15H2,1-5H3/t17-,20?,21-,22+,23-,25+,28+,29+/m1/s1. The molecule has 1 unspecified atom stereocenters. The van der Waals surface area contributed by atoms with Crippen molar-refractivity contribution in [3.8, 4) is 0 Å². The average molecular weight is 496 g/mol. The second-order valence-corrected chi connectivity index (χ2v) is 11.7. The number of benzene rings is 1. The van der Waals surface area contributed by atoms with Gasteiger partial charge in [0.25, 0.3) is 0 Å². The van der Waals surface area contributed by atoms with Crippen LogP contribution in [0.2, 0.25) is 0 Å². The van der Waals surface area contributed by atoms with Gasteiger partial charge in [0.15, 0.2) is 17.5 Å². The smallest absolute Gasteiger partial charge is 0.414 e. The molecule has 1 amide bonds. The number of ketones is 1. The summed E-state index contributed by atoms with van der Waals surface area (Å²) in [6, 6.07) is 9.08. The van der Waals surface area contributed by atoms with Crippen LogP contribution in [0.4, 0.5) is 10.5 Å². The number of hydrogen-bond acceptors (Lipinski definition) is 6. The molecule has 0 aliphatic heterocycles. The zero-order chi connectivity index (χ0) is 26.2. The number of nitrogens with zero attached hydrogens (tertiary/aromatic N) is 1. The van der Waals surface area contributed by atoms with Crippen molar-refractivity contribution in [2.75, 3.05) is 18.1 Å². The molecule has 3 N–H and O–H groups in total. The molecule has 1 spiro atoms. The number of para-hydroxylation sites is 1. The van der Waals surface area contributed by atoms with Gasteiger partial charge >= 0.3 is 6.09 Å². The molecule has 4 aliphatic rings. The van der Waals surface area contributed by atoms with Gasteiger partial charge in [-0.15, -0.1) is 0 Å². The fraction of sp³-hybridized carbons (Fsp3) is 0.586. The SMILES string of the molecule is CCN(C(=O)O[C@H]1C(C)=C[C@]23C(=O)C(C=C(CO)[C@@H](O)[C@]12O)[C@H]1[C@@H](C[C@H]3C)C1(C)C)c1ccccc1. The molecule has 36 heavy (non-hydrogen) atoms. The maximum atomic E-state index is 14.4. The van der Waals surface area contributed by atoms with Crippen molar-refractivity contribution in [3.05, 3.63) is 53.6 Å². The third-order valence-corrected chi connectivity index (χ3v) is 9.72. The third kappa shape index (κ3) is 3.09. The molecule has 0 aromatic heterocycles. The van der Waals surface area contributed by atoms with E-state index in [0.29, 0.717) is 30.1 Å². The van der Waals surface area contributed by atoms with Crippen LogP contribution in [0.25, 0.3) is 0 Å². The van der Waals surface area contributed by atoms with Crippen LogP contribution in [0.3, 0.4) is 0 Å². The summed E-state index contributed by atoms with van der Waals surface area (Å²) >= 11 is 0. The number of anilines is 1. The quantitative estimate of drug-likeness (QED) is 0.552. The maximum absolute atomic E-state index is 14.4. The van der Waals surface area contributed by atoms with Gasteiger partial charge in [0.2, 0.25) is 0 Å². The van der Waals surface area contributed by atoms with E-state index in [-0.39, 0.29) is 28.6 Å². The summed E-state index contributed by atoms with van der Waals surface area (Å²) < 4.78 is 5.97. The van der Waals surface area contributed by atoms with E-state index in [4.69, 9.17) is 4.74 Å². The van der Waals surface area contributed by atoms with Gasteiger partial charge in [0.05, 0.1) is 12.0 Å². The van der Waals surface area contributed by atoms with Gasteiger partial charge in [-0.2, -0.15) is 0 Å². The minimum Gasteiger partial charge on any atom is -0.438 e. The van der Waals surface area contributed by atoms with Crippen molar-refractivity contribution in [2.45, 2.75) is 58.8 Å². The molecule has 194 valence electrons. The van der Waals surface area contributed by atoms with Gasteiger partial charge < -0.3 is 20.1 Å². The van der Waals surface area contributed by atoms with Crippen LogP contribution in [0.1, 0.15) is 41.0 Å². The number of amides is 1. The Balaban J connectivity index is 1.60. The van der Waals surface area contributed by atoms with Crippen molar-refractivity contribution in [1.82, 2.24) is 0 Å². The fourth-order valence-electron chi connectivity index (χ4n) is 7.78. The number of carbonyl (C=O) groups excluding carboxylic acids is 2. The number of Topliss-reactive ketones (excluding diaryl/α,β-unsaturated/α-hetero) is 1. The van der Waals surface area contributed by atoms with Crippen LogP contribution in [-0.4, -0.2) is 58.2 Å². The molecule has 7 heteroatoms.